The van der Waals surface area contributed by atoms with E-state index in [4.69, 9.17) is 25.4 Å². The van der Waals surface area contributed by atoms with Crippen LogP contribution in [0.25, 0.3) is 0 Å². The summed E-state index contributed by atoms with van der Waals surface area (Å²) in [4.78, 5) is 12.0. The van der Waals surface area contributed by atoms with Gasteiger partial charge in [0.15, 0.2) is 12.4 Å². The summed E-state index contributed by atoms with van der Waals surface area (Å²) in [6.07, 6.45) is 8.23. The predicted octanol–water partition coefficient (Wildman–Crippen LogP) is 3.64. The quantitative estimate of drug-likeness (QED) is 0.327. The Balaban J connectivity index is 2.63. The molecular weight excluding hydrogens is 320 g/mol. The molecular formula is C20H24O5. The normalized spacial score (nSPS) is 12.9. The first-order valence-corrected chi connectivity index (χ1v) is 8.06. The molecule has 2 rings (SSSR count). The smallest absolute Gasteiger partial charge is 0.339 e. The Kier molecular flexibility index (Phi) is 5.76. The SMILES string of the molecule is C#CC(C)(C)Oc1c(CC=C(C)C)c(OCOC)cc2c1COC2=O. The maximum atomic E-state index is 12.0. The topological polar surface area (TPSA) is 54.0 Å². The van der Waals surface area contributed by atoms with Crippen LogP contribution in [-0.4, -0.2) is 25.5 Å². The average molecular weight is 344 g/mol. The van der Waals surface area contributed by atoms with Crippen LogP contribution in [0.15, 0.2) is 17.7 Å². The number of ether oxygens (including phenoxy) is 4. The summed E-state index contributed by atoms with van der Waals surface area (Å²) in [5.41, 5.74) is 2.29. The summed E-state index contributed by atoms with van der Waals surface area (Å²) in [5.74, 6) is 3.30. The van der Waals surface area contributed by atoms with Crippen LogP contribution in [0.3, 0.4) is 0 Å². The first kappa shape index (κ1) is 18.9. The molecule has 5 heteroatoms. The molecule has 5 nitrogen and oxygen atoms in total. The number of benzene rings is 1. The molecule has 0 saturated heterocycles. The molecule has 0 bridgehead atoms. The van der Waals surface area contributed by atoms with Crippen molar-refractivity contribution in [2.24, 2.45) is 0 Å². The molecule has 1 heterocycles. The third kappa shape index (κ3) is 4.34. The van der Waals surface area contributed by atoms with Crippen molar-refractivity contribution < 1.29 is 23.7 Å². The van der Waals surface area contributed by atoms with Gasteiger partial charge in [-0.25, -0.2) is 4.79 Å². The van der Waals surface area contributed by atoms with Gasteiger partial charge in [-0.1, -0.05) is 17.6 Å². The number of rotatable bonds is 7. The van der Waals surface area contributed by atoms with E-state index in [2.05, 4.69) is 12.0 Å². The zero-order valence-corrected chi connectivity index (χ0v) is 15.4. The van der Waals surface area contributed by atoms with Crippen molar-refractivity contribution >= 4 is 5.97 Å². The molecule has 0 atom stereocenters. The van der Waals surface area contributed by atoms with Crippen molar-refractivity contribution in [3.63, 3.8) is 0 Å². The number of cyclic esters (lactones) is 1. The Hall–Kier alpha value is -2.45. The van der Waals surface area contributed by atoms with Gasteiger partial charge in [0, 0.05) is 18.2 Å². The number of methoxy groups -OCH3 is 1. The van der Waals surface area contributed by atoms with Crippen LogP contribution >= 0.6 is 0 Å². The molecule has 0 aliphatic carbocycles. The van der Waals surface area contributed by atoms with Crippen molar-refractivity contribution in [1.82, 2.24) is 0 Å². The number of hydrogen-bond donors (Lipinski definition) is 0. The zero-order valence-electron chi connectivity index (χ0n) is 15.4. The molecule has 0 saturated carbocycles. The Labute approximate surface area is 148 Å². The van der Waals surface area contributed by atoms with Gasteiger partial charge in [-0.05, 0) is 40.2 Å². The summed E-state index contributed by atoms with van der Waals surface area (Å²) < 4.78 is 22.0. The van der Waals surface area contributed by atoms with Crippen molar-refractivity contribution in [2.45, 2.75) is 46.3 Å². The first-order valence-electron chi connectivity index (χ1n) is 8.06. The number of fused-ring (bicyclic) bond motifs is 1. The van der Waals surface area contributed by atoms with Crippen LogP contribution in [0.2, 0.25) is 0 Å². The number of allylic oxidation sites excluding steroid dienone is 2. The lowest BCUT2D eigenvalue weighted by molar-refractivity contribution is 0.0494. The van der Waals surface area contributed by atoms with Crippen LogP contribution in [0.1, 0.15) is 49.2 Å². The molecule has 0 amide bonds. The first-order chi connectivity index (χ1) is 11.8. The van der Waals surface area contributed by atoms with E-state index in [1.807, 2.05) is 13.8 Å². The van der Waals surface area contributed by atoms with Gasteiger partial charge in [0.25, 0.3) is 0 Å². The van der Waals surface area contributed by atoms with Gasteiger partial charge in [0.1, 0.15) is 18.1 Å². The van der Waals surface area contributed by atoms with E-state index < -0.39 is 11.6 Å². The van der Waals surface area contributed by atoms with E-state index in [-0.39, 0.29) is 13.4 Å². The molecule has 134 valence electrons. The highest BCUT2D eigenvalue weighted by Gasteiger charge is 2.32. The van der Waals surface area contributed by atoms with Crippen LogP contribution in [0.5, 0.6) is 11.5 Å². The third-order valence-corrected chi connectivity index (χ3v) is 3.77. The van der Waals surface area contributed by atoms with E-state index in [1.165, 1.54) is 7.11 Å². The maximum Gasteiger partial charge on any atom is 0.339 e. The molecule has 0 unspecified atom stereocenters. The van der Waals surface area contributed by atoms with Gasteiger partial charge in [-0.15, -0.1) is 6.42 Å². The molecule has 1 aromatic rings. The van der Waals surface area contributed by atoms with Crippen LogP contribution in [0.4, 0.5) is 0 Å². The number of esters is 1. The second-order valence-electron chi connectivity index (χ2n) is 6.58. The highest BCUT2D eigenvalue weighted by molar-refractivity contribution is 5.95. The Morgan fingerprint density at radius 3 is 2.76 bits per heavy atom. The van der Waals surface area contributed by atoms with Crippen LogP contribution < -0.4 is 9.47 Å². The molecule has 0 fully saturated rings. The monoisotopic (exact) mass is 344 g/mol. The van der Waals surface area contributed by atoms with Crippen molar-refractivity contribution in [2.75, 3.05) is 13.9 Å². The molecule has 0 N–H and O–H groups in total. The van der Waals surface area contributed by atoms with Crippen molar-refractivity contribution in [3.05, 3.63) is 34.4 Å². The average Bonchev–Trinajstić information content (AvgIpc) is 2.92. The van der Waals surface area contributed by atoms with Crippen molar-refractivity contribution in [3.8, 4) is 23.8 Å². The third-order valence-electron chi connectivity index (χ3n) is 3.77. The van der Waals surface area contributed by atoms with E-state index in [9.17, 15) is 4.79 Å². The molecule has 0 spiro atoms. The summed E-state index contributed by atoms with van der Waals surface area (Å²) in [6, 6.07) is 1.69. The minimum Gasteiger partial charge on any atom is -0.474 e. The number of hydrogen-bond acceptors (Lipinski definition) is 5. The van der Waals surface area contributed by atoms with Gasteiger partial charge in [-0.2, -0.15) is 0 Å². The van der Waals surface area contributed by atoms with Crippen LogP contribution in [0, 0.1) is 12.3 Å². The highest BCUT2D eigenvalue weighted by Crippen LogP contribution is 2.41. The zero-order chi connectivity index (χ0) is 18.6. The minimum atomic E-state index is -0.834. The van der Waals surface area contributed by atoms with Gasteiger partial charge < -0.3 is 18.9 Å². The fraction of sp³-hybridized carbons (Fsp3) is 0.450. The number of terminal acetylenes is 1. The second kappa shape index (κ2) is 7.62. The molecule has 25 heavy (non-hydrogen) atoms. The molecule has 1 aliphatic rings. The van der Waals surface area contributed by atoms with E-state index in [0.29, 0.717) is 29.0 Å². The number of carbonyl (C=O) groups excluding carboxylic acids is 1. The van der Waals surface area contributed by atoms with E-state index >= 15 is 0 Å². The van der Waals surface area contributed by atoms with Gasteiger partial charge in [0.2, 0.25) is 0 Å². The lowest BCUT2D eigenvalue weighted by Gasteiger charge is -2.25. The molecule has 0 aromatic heterocycles. The lowest BCUT2D eigenvalue weighted by atomic mass is 9.99. The molecule has 0 radical (unpaired) electrons. The highest BCUT2D eigenvalue weighted by atomic mass is 16.7. The largest absolute Gasteiger partial charge is 0.474 e. The fourth-order valence-corrected chi connectivity index (χ4v) is 2.42. The van der Waals surface area contributed by atoms with Gasteiger partial charge >= 0.3 is 5.97 Å². The predicted molar refractivity (Wildman–Crippen MR) is 94.7 cm³/mol. The van der Waals surface area contributed by atoms with E-state index in [1.54, 1.807) is 19.9 Å². The summed E-state index contributed by atoms with van der Waals surface area (Å²) in [6.45, 7) is 7.85. The fourth-order valence-electron chi connectivity index (χ4n) is 2.42. The Morgan fingerprint density at radius 2 is 2.16 bits per heavy atom. The van der Waals surface area contributed by atoms with Gasteiger partial charge in [-0.3, -0.25) is 0 Å². The lowest BCUT2D eigenvalue weighted by Crippen LogP contribution is -2.27. The van der Waals surface area contributed by atoms with E-state index in [0.717, 1.165) is 11.1 Å². The van der Waals surface area contributed by atoms with Crippen molar-refractivity contribution in [1.29, 1.82) is 0 Å². The standard InChI is InChI=1S/C20H24O5/c1-7-20(4,5)25-18-14(9-8-13(2)3)17(24-12-22-6)10-15-16(18)11-23-19(15)21/h1,8,10H,9,11-12H2,2-6H3. The maximum absolute atomic E-state index is 12.0. The molecule has 1 aliphatic heterocycles. The van der Waals surface area contributed by atoms with Gasteiger partial charge in [0.05, 0.1) is 5.56 Å². The summed E-state index contributed by atoms with van der Waals surface area (Å²) in [5, 5.41) is 0. The minimum absolute atomic E-state index is 0.0631. The summed E-state index contributed by atoms with van der Waals surface area (Å²) >= 11 is 0. The summed E-state index contributed by atoms with van der Waals surface area (Å²) in [7, 11) is 1.54. The molecule has 1 aromatic carbocycles. The second-order valence-corrected chi connectivity index (χ2v) is 6.58. The Morgan fingerprint density at radius 1 is 1.44 bits per heavy atom. The number of carbonyl (C=O) groups is 1. The Bertz CT molecular complexity index is 733. The van der Waals surface area contributed by atoms with Crippen LogP contribution in [-0.2, 0) is 22.5 Å².